The molecule has 2 rings (SSSR count). The molecule has 0 spiro atoms. The Morgan fingerprint density at radius 3 is 2.55 bits per heavy atom. The number of halogens is 1. The van der Waals surface area contributed by atoms with Crippen LogP contribution < -0.4 is 20.5 Å². The van der Waals surface area contributed by atoms with Crippen molar-refractivity contribution in [1.82, 2.24) is 5.32 Å². The molecule has 1 aliphatic heterocycles. The van der Waals surface area contributed by atoms with E-state index in [4.69, 9.17) is 15.2 Å². The second-order valence-electron chi connectivity index (χ2n) is 4.71. The summed E-state index contributed by atoms with van der Waals surface area (Å²) >= 11 is 0. The van der Waals surface area contributed by atoms with Crippen molar-refractivity contribution in [2.75, 3.05) is 13.3 Å². The zero-order valence-corrected chi connectivity index (χ0v) is 12.6. The number of carbonyl (C=O) groups is 1. The van der Waals surface area contributed by atoms with Gasteiger partial charge >= 0.3 is 0 Å². The van der Waals surface area contributed by atoms with Crippen LogP contribution in [0.25, 0.3) is 0 Å². The normalized spacial score (nSPS) is 12.8. The van der Waals surface area contributed by atoms with Gasteiger partial charge in [-0.15, -0.1) is 12.4 Å². The molecule has 0 saturated heterocycles. The molecule has 1 aromatic rings. The molecule has 20 heavy (non-hydrogen) atoms. The molecule has 0 saturated carbocycles. The molecule has 0 unspecified atom stereocenters. The number of hydrogen-bond acceptors (Lipinski definition) is 4. The predicted octanol–water partition coefficient (Wildman–Crippen LogP) is 2.08. The van der Waals surface area contributed by atoms with Crippen molar-refractivity contribution in [1.29, 1.82) is 0 Å². The lowest BCUT2D eigenvalue weighted by molar-refractivity contribution is 0.0895. The van der Waals surface area contributed by atoms with Crippen LogP contribution in [-0.4, -0.2) is 24.8 Å². The first kappa shape index (κ1) is 16.6. The van der Waals surface area contributed by atoms with Gasteiger partial charge in [-0.25, -0.2) is 0 Å². The fraction of sp³-hybridized carbons (Fsp3) is 0.500. The fourth-order valence-electron chi connectivity index (χ4n) is 2.12. The van der Waals surface area contributed by atoms with E-state index in [0.29, 0.717) is 23.6 Å². The number of ether oxygens (including phenoxy) is 2. The highest BCUT2D eigenvalue weighted by atomic mass is 35.5. The Hall–Kier alpha value is -1.46. The summed E-state index contributed by atoms with van der Waals surface area (Å²) in [6, 6.07) is 5.18. The monoisotopic (exact) mass is 300 g/mol. The molecule has 0 bridgehead atoms. The number of benzene rings is 1. The van der Waals surface area contributed by atoms with Gasteiger partial charge in [0, 0.05) is 12.1 Å². The Kier molecular flexibility index (Phi) is 5.65. The summed E-state index contributed by atoms with van der Waals surface area (Å²) in [4.78, 5) is 12.3. The summed E-state index contributed by atoms with van der Waals surface area (Å²) in [5.74, 6) is 1.15. The summed E-state index contributed by atoms with van der Waals surface area (Å²) in [5.41, 5.74) is 6.01. The molecule has 112 valence electrons. The van der Waals surface area contributed by atoms with Crippen molar-refractivity contribution in [2.45, 2.75) is 32.2 Å². The number of carbonyl (C=O) groups excluding carboxylic acids is 1. The van der Waals surface area contributed by atoms with Gasteiger partial charge in [-0.05, 0) is 31.0 Å². The SMILES string of the molecule is CCC(CC)(CN)NC(=O)c1ccc2c(c1)OCO2.Cl. The van der Waals surface area contributed by atoms with Gasteiger partial charge in [0.05, 0.1) is 5.54 Å². The Labute approximate surface area is 125 Å². The maximum atomic E-state index is 12.3. The zero-order chi connectivity index (χ0) is 13.9. The van der Waals surface area contributed by atoms with Crippen LogP contribution in [0.4, 0.5) is 0 Å². The number of rotatable bonds is 5. The molecule has 1 aliphatic rings. The standard InChI is InChI=1S/C14H20N2O3.ClH/c1-3-14(4-2,8-15)16-13(17)10-5-6-11-12(7-10)19-9-18-11;/h5-7H,3-4,8-9,15H2,1-2H3,(H,16,17);1H. The third-order valence-electron chi connectivity index (χ3n) is 3.76. The van der Waals surface area contributed by atoms with E-state index in [1.807, 2.05) is 13.8 Å². The minimum Gasteiger partial charge on any atom is -0.454 e. The Balaban J connectivity index is 0.00000200. The van der Waals surface area contributed by atoms with E-state index in [9.17, 15) is 4.79 Å². The second-order valence-corrected chi connectivity index (χ2v) is 4.71. The highest BCUT2D eigenvalue weighted by Gasteiger charge is 2.27. The third kappa shape index (κ3) is 3.16. The van der Waals surface area contributed by atoms with E-state index >= 15 is 0 Å². The van der Waals surface area contributed by atoms with E-state index in [0.717, 1.165) is 12.8 Å². The molecule has 1 amide bonds. The first-order chi connectivity index (χ1) is 9.14. The smallest absolute Gasteiger partial charge is 0.251 e. The van der Waals surface area contributed by atoms with Gasteiger partial charge in [0.2, 0.25) is 6.79 Å². The first-order valence-corrected chi connectivity index (χ1v) is 6.56. The van der Waals surface area contributed by atoms with Crippen LogP contribution in [-0.2, 0) is 0 Å². The molecule has 0 aliphatic carbocycles. The van der Waals surface area contributed by atoms with Crippen LogP contribution in [0.15, 0.2) is 18.2 Å². The molecule has 1 heterocycles. The largest absolute Gasteiger partial charge is 0.454 e. The second kappa shape index (κ2) is 6.81. The van der Waals surface area contributed by atoms with Crippen LogP contribution in [0, 0.1) is 0 Å². The molecule has 0 aromatic heterocycles. The molecule has 1 aromatic carbocycles. The maximum absolute atomic E-state index is 12.3. The van der Waals surface area contributed by atoms with E-state index in [2.05, 4.69) is 5.32 Å². The average molecular weight is 301 g/mol. The highest BCUT2D eigenvalue weighted by molar-refractivity contribution is 5.95. The number of fused-ring (bicyclic) bond motifs is 1. The molecule has 0 radical (unpaired) electrons. The minimum absolute atomic E-state index is 0. The van der Waals surface area contributed by atoms with Crippen molar-refractivity contribution in [3.63, 3.8) is 0 Å². The molecule has 5 nitrogen and oxygen atoms in total. The number of hydrogen-bond donors (Lipinski definition) is 2. The number of nitrogens with one attached hydrogen (secondary N) is 1. The first-order valence-electron chi connectivity index (χ1n) is 6.56. The van der Waals surface area contributed by atoms with Crippen molar-refractivity contribution in [3.05, 3.63) is 23.8 Å². The van der Waals surface area contributed by atoms with Crippen LogP contribution in [0.3, 0.4) is 0 Å². The van der Waals surface area contributed by atoms with E-state index in [1.165, 1.54) is 0 Å². The lowest BCUT2D eigenvalue weighted by Gasteiger charge is -2.31. The van der Waals surface area contributed by atoms with Crippen molar-refractivity contribution in [2.24, 2.45) is 5.73 Å². The molecule has 0 fully saturated rings. The van der Waals surface area contributed by atoms with Gasteiger partial charge in [-0.2, -0.15) is 0 Å². The van der Waals surface area contributed by atoms with Crippen molar-refractivity contribution < 1.29 is 14.3 Å². The van der Waals surface area contributed by atoms with Gasteiger partial charge in [0.15, 0.2) is 11.5 Å². The Bertz CT molecular complexity index is 467. The fourth-order valence-corrected chi connectivity index (χ4v) is 2.12. The van der Waals surface area contributed by atoms with Crippen LogP contribution in [0.1, 0.15) is 37.0 Å². The predicted molar refractivity (Wildman–Crippen MR) is 79.6 cm³/mol. The van der Waals surface area contributed by atoms with Crippen molar-refractivity contribution >= 4 is 18.3 Å². The molecule has 3 N–H and O–H groups in total. The lowest BCUT2D eigenvalue weighted by atomic mass is 9.92. The lowest BCUT2D eigenvalue weighted by Crippen LogP contribution is -2.52. The van der Waals surface area contributed by atoms with Gasteiger partial charge in [-0.1, -0.05) is 13.8 Å². The summed E-state index contributed by atoms with van der Waals surface area (Å²) in [6.07, 6.45) is 1.60. The van der Waals surface area contributed by atoms with Crippen LogP contribution in [0.2, 0.25) is 0 Å². The quantitative estimate of drug-likeness (QED) is 0.873. The van der Waals surface area contributed by atoms with Gasteiger partial charge in [0.25, 0.3) is 5.91 Å². The summed E-state index contributed by atoms with van der Waals surface area (Å²) in [7, 11) is 0. The van der Waals surface area contributed by atoms with E-state index < -0.39 is 0 Å². The van der Waals surface area contributed by atoms with Crippen LogP contribution in [0.5, 0.6) is 11.5 Å². The van der Waals surface area contributed by atoms with Gasteiger partial charge in [0.1, 0.15) is 0 Å². The van der Waals surface area contributed by atoms with Crippen LogP contribution >= 0.6 is 12.4 Å². The third-order valence-corrected chi connectivity index (χ3v) is 3.76. The molecular weight excluding hydrogens is 280 g/mol. The van der Waals surface area contributed by atoms with E-state index in [1.54, 1.807) is 18.2 Å². The zero-order valence-electron chi connectivity index (χ0n) is 11.8. The molecular formula is C14H21ClN2O3. The summed E-state index contributed by atoms with van der Waals surface area (Å²) < 4.78 is 10.5. The minimum atomic E-state index is -0.340. The Morgan fingerprint density at radius 2 is 1.95 bits per heavy atom. The van der Waals surface area contributed by atoms with Crippen molar-refractivity contribution in [3.8, 4) is 11.5 Å². The highest BCUT2D eigenvalue weighted by Crippen LogP contribution is 2.32. The molecule has 6 heteroatoms. The Morgan fingerprint density at radius 1 is 1.30 bits per heavy atom. The maximum Gasteiger partial charge on any atom is 0.251 e. The summed E-state index contributed by atoms with van der Waals surface area (Å²) in [6.45, 7) is 4.68. The molecule has 0 atom stereocenters. The van der Waals surface area contributed by atoms with E-state index in [-0.39, 0.29) is 30.6 Å². The topological polar surface area (TPSA) is 73.6 Å². The number of amides is 1. The van der Waals surface area contributed by atoms with Gasteiger partial charge < -0.3 is 20.5 Å². The average Bonchev–Trinajstić information content (AvgIpc) is 2.92. The number of nitrogens with two attached hydrogens (primary N) is 1. The van der Waals surface area contributed by atoms with Gasteiger partial charge in [-0.3, -0.25) is 4.79 Å². The summed E-state index contributed by atoms with van der Waals surface area (Å²) in [5, 5.41) is 3.03.